The first kappa shape index (κ1) is 14.3. The van der Waals surface area contributed by atoms with E-state index in [1.165, 1.54) is 0 Å². The fourth-order valence-corrected chi connectivity index (χ4v) is 1.79. The van der Waals surface area contributed by atoms with Gasteiger partial charge >= 0.3 is 6.01 Å². The monoisotopic (exact) mass is 295 g/mol. The molecule has 2 rings (SSSR count). The molecule has 1 aromatic heterocycles. The van der Waals surface area contributed by atoms with Crippen LogP contribution in [0.2, 0.25) is 5.28 Å². The molecule has 7 heteroatoms. The zero-order valence-electron chi connectivity index (χ0n) is 11.4. The molecule has 0 aliphatic carbocycles. The van der Waals surface area contributed by atoms with Gasteiger partial charge in [0, 0.05) is 0 Å². The van der Waals surface area contributed by atoms with E-state index < -0.39 is 0 Å². The molecular weight excluding hydrogens is 282 g/mol. The second kappa shape index (κ2) is 6.38. The van der Waals surface area contributed by atoms with Crippen LogP contribution in [0.1, 0.15) is 6.92 Å². The fraction of sp³-hybridized carbons (Fsp3) is 0.308. The molecule has 0 amide bonds. The number of ether oxygens (including phenoxy) is 3. The van der Waals surface area contributed by atoms with E-state index in [2.05, 4.69) is 15.0 Å². The van der Waals surface area contributed by atoms with Gasteiger partial charge in [-0.3, -0.25) is 0 Å². The number of hydrogen-bond donors (Lipinski definition) is 0. The predicted molar refractivity (Wildman–Crippen MR) is 74.5 cm³/mol. The number of benzene rings is 1. The Morgan fingerprint density at radius 1 is 1.10 bits per heavy atom. The molecule has 1 aromatic carbocycles. The lowest BCUT2D eigenvalue weighted by atomic mass is 10.1. The van der Waals surface area contributed by atoms with Crippen molar-refractivity contribution >= 4 is 11.6 Å². The Hall–Kier alpha value is -2.08. The lowest BCUT2D eigenvalue weighted by molar-refractivity contribution is 0.311. The summed E-state index contributed by atoms with van der Waals surface area (Å²) in [7, 11) is 3.15. The highest BCUT2D eigenvalue weighted by molar-refractivity contribution is 6.28. The molecule has 0 saturated carbocycles. The Morgan fingerprint density at radius 3 is 2.55 bits per heavy atom. The van der Waals surface area contributed by atoms with Gasteiger partial charge in [-0.25, -0.2) is 0 Å². The Balaban J connectivity index is 2.54. The Morgan fingerprint density at radius 2 is 1.90 bits per heavy atom. The van der Waals surface area contributed by atoms with Crippen LogP contribution in [0.15, 0.2) is 18.2 Å². The molecule has 0 spiro atoms. The van der Waals surface area contributed by atoms with Gasteiger partial charge < -0.3 is 14.2 Å². The number of halogens is 1. The van der Waals surface area contributed by atoms with Crippen molar-refractivity contribution in [3.05, 3.63) is 23.5 Å². The highest BCUT2D eigenvalue weighted by Crippen LogP contribution is 2.32. The van der Waals surface area contributed by atoms with Gasteiger partial charge in [-0.05, 0) is 36.7 Å². The number of hydrogen-bond acceptors (Lipinski definition) is 6. The maximum atomic E-state index is 5.89. The van der Waals surface area contributed by atoms with Crippen molar-refractivity contribution in [2.45, 2.75) is 6.92 Å². The van der Waals surface area contributed by atoms with E-state index in [9.17, 15) is 0 Å². The van der Waals surface area contributed by atoms with Crippen molar-refractivity contribution in [3.63, 3.8) is 0 Å². The normalized spacial score (nSPS) is 10.2. The maximum absolute atomic E-state index is 5.89. The highest BCUT2D eigenvalue weighted by atomic mass is 35.5. The molecule has 1 heterocycles. The smallest absolute Gasteiger partial charge is 0.321 e. The molecule has 2 aromatic rings. The van der Waals surface area contributed by atoms with Gasteiger partial charge in [-0.1, -0.05) is 0 Å². The zero-order valence-corrected chi connectivity index (χ0v) is 12.1. The van der Waals surface area contributed by atoms with Crippen molar-refractivity contribution in [1.29, 1.82) is 0 Å². The van der Waals surface area contributed by atoms with E-state index in [0.29, 0.717) is 29.5 Å². The van der Waals surface area contributed by atoms with Crippen LogP contribution in [-0.2, 0) is 0 Å². The average molecular weight is 296 g/mol. The number of nitrogens with zero attached hydrogens (tertiary/aromatic N) is 3. The minimum absolute atomic E-state index is 0.0586. The molecule has 0 bridgehead atoms. The molecule has 0 aliphatic heterocycles. The van der Waals surface area contributed by atoms with Crippen LogP contribution in [-0.4, -0.2) is 35.8 Å². The molecule has 0 unspecified atom stereocenters. The van der Waals surface area contributed by atoms with Gasteiger partial charge in [0.25, 0.3) is 0 Å². The highest BCUT2D eigenvalue weighted by Gasteiger charge is 2.14. The third kappa shape index (κ3) is 3.08. The second-order valence-corrected chi connectivity index (χ2v) is 4.05. The van der Waals surface area contributed by atoms with E-state index in [1.807, 2.05) is 6.92 Å². The van der Waals surface area contributed by atoms with Crippen LogP contribution < -0.4 is 14.2 Å². The fourth-order valence-electron chi connectivity index (χ4n) is 1.63. The van der Waals surface area contributed by atoms with Crippen molar-refractivity contribution in [2.24, 2.45) is 0 Å². The Labute approximate surface area is 121 Å². The molecule has 20 heavy (non-hydrogen) atoms. The molecule has 0 N–H and O–H groups in total. The lowest BCUT2D eigenvalue weighted by Crippen LogP contribution is -2.02. The topological polar surface area (TPSA) is 66.4 Å². The van der Waals surface area contributed by atoms with Crippen molar-refractivity contribution < 1.29 is 14.2 Å². The zero-order chi connectivity index (χ0) is 14.5. The summed E-state index contributed by atoms with van der Waals surface area (Å²) in [5.74, 6) is 1.63. The van der Waals surface area contributed by atoms with E-state index in [-0.39, 0.29) is 11.3 Å². The van der Waals surface area contributed by atoms with Gasteiger partial charge in [0.05, 0.1) is 26.4 Å². The summed E-state index contributed by atoms with van der Waals surface area (Å²) in [6.45, 7) is 2.28. The lowest BCUT2D eigenvalue weighted by Gasteiger charge is -2.10. The molecule has 0 saturated heterocycles. The summed E-state index contributed by atoms with van der Waals surface area (Å²) in [4.78, 5) is 12.2. The first-order valence-electron chi connectivity index (χ1n) is 5.94. The van der Waals surface area contributed by atoms with Crippen LogP contribution in [0, 0.1) is 0 Å². The second-order valence-electron chi connectivity index (χ2n) is 3.71. The van der Waals surface area contributed by atoms with Crippen LogP contribution >= 0.6 is 11.6 Å². The van der Waals surface area contributed by atoms with Crippen LogP contribution in [0.25, 0.3) is 11.4 Å². The molecule has 106 valence electrons. The number of methoxy groups -OCH3 is 2. The molecule has 0 fully saturated rings. The van der Waals surface area contributed by atoms with E-state index >= 15 is 0 Å². The van der Waals surface area contributed by atoms with Crippen LogP contribution in [0.4, 0.5) is 0 Å². The summed E-state index contributed by atoms with van der Waals surface area (Å²) in [5, 5.41) is 0.0586. The summed E-state index contributed by atoms with van der Waals surface area (Å²) < 4.78 is 15.8. The van der Waals surface area contributed by atoms with E-state index in [1.54, 1.807) is 32.4 Å². The van der Waals surface area contributed by atoms with Crippen LogP contribution in [0.3, 0.4) is 0 Å². The summed E-state index contributed by atoms with van der Waals surface area (Å²) in [5.41, 5.74) is 0.650. The van der Waals surface area contributed by atoms with Crippen molar-refractivity contribution in [3.8, 4) is 28.9 Å². The van der Waals surface area contributed by atoms with Gasteiger partial charge in [-0.15, -0.1) is 0 Å². The minimum Gasteiger partial charge on any atom is -0.497 e. The quantitative estimate of drug-likeness (QED) is 0.845. The largest absolute Gasteiger partial charge is 0.497 e. The van der Waals surface area contributed by atoms with Gasteiger partial charge in [0.2, 0.25) is 5.28 Å². The average Bonchev–Trinajstić information content (AvgIpc) is 2.46. The van der Waals surface area contributed by atoms with Crippen LogP contribution in [0.5, 0.6) is 17.5 Å². The standard InChI is InChI=1S/C13H14ClN3O3/c1-4-20-13-16-11(15-12(14)17-13)9-7-8(18-2)5-6-10(9)19-3/h5-7H,4H2,1-3H3. The predicted octanol–water partition coefficient (Wildman–Crippen LogP) is 2.61. The Bertz CT molecular complexity index is 607. The van der Waals surface area contributed by atoms with E-state index in [4.69, 9.17) is 25.8 Å². The molecule has 0 aliphatic rings. The van der Waals surface area contributed by atoms with Crippen molar-refractivity contribution in [2.75, 3.05) is 20.8 Å². The third-order valence-corrected chi connectivity index (χ3v) is 2.68. The minimum atomic E-state index is 0.0586. The third-order valence-electron chi connectivity index (χ3n) is 2.51. The van der Waals surface area contributed by atoms with Crippen molar-refractivity contribution in [1.82, 2.24) is 15.0 Å². The molecule has 0 atom stereocenters. The number of rotatable bonds is 5. The summed E-state index contributed by atoms with van der Waals surface area (Å²) >= 11 is 5.89. The maximum Gasteiger partial charge on any atom is 0.321 e. The van der Waals surface area contributed by atoms with Gasteiger partial charge in [0.1, 0.15) is 11.5 Å². The van der Waals surface area contributed by atoms with Gasteiger partial charge in [-0.2, -0.15) is 15.0 Å². The summed E-state index contributed by atoms with van der Waals surface area (Å²) in [6, 6.07) is 5.49. The first-order chi connectivity index (χ1) is 9.67. The molecule has 6 nitrogen and oxygen atoms in total. The summed E-state index contributed by atoms with van der Waals surface area (Å²) in [6.07, 6.45) is 0. The van der Waals surface area contributed by atoms with E-state index in [0.717, 1.165) is 0 Å². The van der Waals surface area contributed by atoms with Gasteiger partial charge in [0.15, 0.2) is 5.82 Å². The Kier molecular flexibility index (Phi) is 4.57. The number of aromatic nitrogens is 3. The SMILES string of the molecule is CCOc1nc(Cl)nc(-c2cc(OC)ccc2OC)n1. The molecular formula is C13H14ClN3O3. The molecule has 0 radical (unpaired) electrons. The first-order valence-corrected chi connectivity index (χ1v) is 6.32.